The van der Waals surface area contributed by atoms with E-state index in [1.54, 1.807) is 14.2 Å². The summed E-state index contributed by atoms with van der Waals surface area (Å²) in [6, 6.07) is 7.44. The van der Waals surface area contributed by atoms with Crippen molar-refractivity contribution < 1.29 is 9.47 Å². The molecule has 1 aromatic carbocycles. The van der Waals surface area contributed by atoms with Gasteiger partial charge in [0.15, 0.2) is 0 Å². The molecule has 0 unspecified atom stereocenters. The number of hydrogen-bond acceptors (Lipinski definition) is 5. The van der Waals surface area contributed by atoms with Crippen molar-refractivity contribution in [3.63, 3.8) is 0 Å². The van der Waals surface area contributed by atoms with Crippen molar-refractivity contribution in [2.45, 2.75) is 6.54 Å². The van der Waals surface area contributed by atoms with Gasteiger partial charge in [-0.25, -0.2) is 9.97 Å². The van der Waals surface area contributed by atoms with Crippen LogP contribution in [0.4, 0.5) is 0 Å². The fourth-order valence-corrected chi connectivity index (χ4v) is 1.67. The SMILES string of the molecule is COc1ccc(-c2cc(CN)ncn2)c(OC)c1.Cl. The van der Waals surface area contributed by atoms with Crippen molar-refractivity contribution in [1.29, 1.82) is 0 Å². The molecular weight excluding hydrogens is 266 g/mol. The molecular formula is C13H16ClN3O2. The number of ether oxygens (including phenoxy) is 2. The average Bonchev–Trinajstić information content (AvgIpc) is 2.46. The van der Waals surface area contributed by atoms with Gasteiger partial charge >= 0.3 is 0 Å². The summed E-state index contributed by atoms with van der Waals surface area (Å²) >= 11 is 0. The lowest BCUT2D eigenvalue weighted by Gasteiger charge is -2.10. The smallest absolute Gasteiger partial charge is 0.131 e. The van der Waals surface area contributed by atoms with Crippen molar-refractivity contribution in [2.24, 2.45) is 5.73 Å². The van der Waals surface area contributed by atoms with Gasteiger partial charge in [-0.05, 0) is 18.2 Å². The van der Waals surface area contributed by atoms with Crippen LogP contribution in [-0.4, -0.2) is 24.2 Å². The van der Waals surface area contributed by atoms with Gasteiger partial charge in [0, 0.05) is 18.2 Å². The molecule has 0 fully saturated rings. The highest BCUT2D eigenvalue weighted by atomic mass is 35.5. The van der Waals surface area contributed by atoms with Crippen LogP contribution in [-0.2, 0) is 6.54 Å². The molecule has 0 aliphatic carbocycles. The van der Waals surface area contributed by atoms with E-state index in [-0.39, 0.29) is 12.4 Å². The van der Waals surface area contributed by atoms with Crippen LogP contribution in [0.5, 0.6) is 11.5 Å². The zero-order valence-electron chi connectivity index (χ0n) is 10.8. The summed E-state index contributed by atoms with van der Waals surface area (Å²) in [4.78, 5) is 8.31. The molecule has 5 nitrogen and oxygen atoms in total. The van der Waals surface area contributed by atoms with E-state index in [4.69, 9.17) is 15.2 Å². The number of methoxy groups -OCH3 is 2. The minimum atomic E-state index is 0. The van der Waals surface area contributed by atoms with E-state index >= 15 is 0 Å². The predicted octanol–water partition coefficient (Wildman–Crippen LogP) is 2.04. The molecule has 0 saturated heterocycles. The number of aromatic nitrogens is 2. The van der Waals surface area contributed by atoms with Crippen molar-refractivity contribution >= 4 is 12.4 Å². The van der Waals surface area contributed by atoms with Gasteiger partial charge in [0.1, 0.15) is 17.8 Å². The zero-order chi connectivity index (χ0) is 13.0. The quantitative estimate of drug-likeness (QED) is 0.929. The Morgan fingerprint density at radius 1 is 1.11 bits per heavy atom. The number of hydrogen-bond donors (Lipinski definition) is 1. The second-order valence-corrected chi connectivity index (χ2v) is 3.66. The van der Waals surface area contributed by atoms with Crippen molar-refractivity contribution in [1.82, 2.24) is 9.97 Å². The van der Waals surface area contributed by atoms with E-state index in [1.807, 2.05) is 24.3 Å². The molecule has 0 radical (unpaired) electrons. The Balaban J connectivity index is 0.00000180. The second-order valence-electron chi connectivity index (χ2n) is 3.66. The number of nitrogens with zero attached hydrogens (tertiary/aromatic N) is 2. The largest absolute Gasteiger partial charge is 0.497 e. The third kappa shape index (κ3) is 3.33. The topological polar surface area (TPSA) is 70.3 Å². The van der Waals surface area contributed by atoms with Gasteiger partial charge < -0.3 is 15.2 Å². The van der Waals surface area contributed by atoms with Crippen LogP contribution in [0.3, 0.4) is 0 Å². The van der Waals surface area contributed by atoms with E-state index in [9.17, 15) is 0 Å². The summed E-state index contributed by atoms with van der Waals surface area (Å²) in [6.07, 6.45) is 1.50. The summed E-state index contributed by atoms with van der Waals surface area (Å²) in [6.45, 7) is 0.383. The van der Waals surface area contributed by atoms with E-state index in [2.05, 4.69) is 9.97 Å². The number of halogens is 1. The van der Waals surface area contributed by atoms with Gasteiger partial charge in [0.25, 0.3) is 0 Å². The third-order valence-corrected chi connectivity index (χ3v) is 2.62. The Morgan fingerprint density at radius 2 is 1.89 bits per heavy atom. The van der Waals surface area contributed by atoms with E-state index in [0.717, 1.165) is 22.7 Å². The van der Waals surface area contributed by atoms with Gasteiger partial charge in [-0.2, -0.15) is 0 Å². The van der Waals surface area contributed by atoms with Crippen LogP contribution in [0, 0.1) is 0 Å². The second kappa shape index (κ2) is 6.92. The molecule has 2 rings (SSSR count). The molecule has 1 aromatic heterocycles. The van der Waals surface area contributed by atoms with E-state index in [1.165, 1.54) is 6.33 Å². The van der Waals surface area contributed by atoms with Gasteiger partial charge in [-0.3, -0.25) is 0 Å². The van der Waals surface area contributed by atoms with Crippen LogP contribution in [0.2, 0.25) is 0 Å². The Morgan fingerprint density at radius 3 is 2.53 bits per heavy atom. The van der Waals surface area contributed by atoms with Crippen LogP contribution in [0.25, 0.3) is 11.3 Å². The summed E-state index contributed by atoms with van der Waals surface area (Å²) in [5.74, 6) is 1.44. The fourth-order valence-electron chi connectivity index (χ4n) is 1.67. The Hall–Kier alpha value is -1.85. The van der Waals surface area contributed by atoms with E-state index < -0.39 is 0 Å². The van der Waals surface area contributed by atoms with Crippen molar-refractivity contribution in [3.8, 4) is 22.8 Å². The maximum Gasteiger partial charge on any atom is 0.131 e. The average molecular weight is 282 g/mol. The highest BCUT2D eigenvalue weighted by molar-refractivity contribution is 5.85. The van der Waals surface area contributed by atoms with E-state index in [0.29, 0.717) is 12.3 Å². The summed E-state index contributed by atoms with van der Waals surface area (Å²) in [5.41, 5.74) is 8.03. The zero-order valence-corrected chi connectivity index (χ0v) is 11.6. The molecule has 0 aliphatic rings. The summed E-state index contributed by atoms with van der Waals surface area (Å²) < 4.78 is 10.5. The molecule has 6 heteroatoms. The standard InChI is InChI=1S/C13H15N3O2.ClH/c1-17-10-3-4-11(13(6-10)18-2)12-5-9(7-14)15-8-16-12;/h3-6,8H,7,14H2,1-2H3;1H. The Bertz CT molecular complexity index is 549. The lowest BCUT2D eigenvalue weighted by molar-refractivity contribution is 0.395. The summed E-state index contributed by atoms with van der Waals surface area (Å²) in [7, 11) is 3.23. The first-order chi connectivity index (χ1) is 8.78. The molecule has 2 N–H and O–H groups in total. The maximum absolute atomic E-state index is 5.57. The van der Waals surface area contributed by atoms with Crippen molar-refractivity contribution in [2.75, 3.05) is 14.2 Å². The lowest BCUT2D eigenvalue weighted by atomic mass is 10.1. The normalized spacial score (nSPS) is 9.63. The minimum absolute atomic E-state index is 0. The molecule has 102 valence electrons. The Labute approximate surface area is 118 Å². The molecule has 0 saturated carbocycles. The fraction of sp³-hybridized carbons (Fsp3) is 0.231. The molecule has 0 atom stereocenters. The number of nitrogens with two attached hydrogens (primary N) is 1. The number of rotatable bonds is 4. The van der Waals surface area contributed by atoms with Gasteiger partial charge in [0.05, 0.1) is 25.6 Å². The predicted molar refractivity (Wildman–Crippen MR) is 75.7 cm³/mol. The molecule has 19 heavy (non-hydrogen) atoms. The summed E-state index contributed by atoms with van der Waals surface area (Å²) in [5, 5.41) is 0. The first-order valence-electron chi connectivity index (χ1n) is 5.52. The molecule has 0 amide bonds. The molecule has 0 bridgehead atoms. The molecule has 2 aromatic rings. The van der Waals surface area contributed by atoms with Crippen LogP contribution in [0.15, 0.2) is 30.6 Å². The molecule has 0 spiro atoms. The minimum Gasteiger partial charge on any atom is -0.497 e. The monoisotopic (exact) mass is 281 g/mol. The maximum atomic E-state index is 5.57. The first-order valence-corrected chi connectivity index (χ1v) is 5.52. The van der Waals surface area contributed by atoms with Crippen LogP contribution in [0.1, 0.15) is 5.69 Å². The Kier molecular flexibility index (Phi) is 5.54. The molecule has 1 heterocycles. The molecule has 0 aliphatic heterocycles. The van der Waals surface area contributed by atoms with Gasteiger partial charge in [-0.1, -0.05) is 0 Å². The van der Waals surface area contributed by atoms with Crippen LogP contribution >= 0.6 is 12.4 Å². The van der Waals surface area contributed by atoms with Gasteiger partial charge in [0.2, 0.25) is 0 Å². The highest BCUT2D eigenvalue weighted by Gasteiger charge is 2.09. The lowest BCUT2D eigenvalue weighted by Crippen LogP contribution is -2.01. The van der Waals surface area contributed by atoms with Crippen molar-refractivity contribution in [3.05, 3.63) is 36.3 Å². The van der Waals surface area contributed by atoms with Gasteiger partial charge in [-0.15, -0.1) is 12.4 Å². The third-order valence-electron chi connectivity index (χ3n) is 2.62. The highest BCUT2D eigenvalue weighted by Crippen LogP contribution is 2.32. The number of benzene rings is 1. The van der Waals surface area contributed by atoms with Crippen LogP contribution < -0.4 is 15.2 Å². The first kappa shape index (κ1) is 15.2.